The van der Waals surface area contributed by atoms with Crippen LogP contribution in [0, 0.1) is 69.2 Å². The average molecular weight is 835 g/mol. The van der Waals surface area contributed by atoms with Gasteiger partial charge in [-0.1, -0.05) is 83.4 Å². The van der Waals surface area contributed by atoms with E-state index in [0.29, 0.717) is 57.6 Å². The summed E-state index contributed by atoms with van der Waals surface area (Å²) in [6, 6.07) is 30.9. The summed E-state index contributed by atoms with van der Waals surface area (Å²) < 4.78 is 12.0. The highest BCUT2D eigenvalue weighted by atomic mass is 16.7. The molecule has 63 heavy (non-hydrogen) atoms. The van der Waals surface area contributed by atoms with Crippen LogP contribution in [-0.4, -0.2) is 46.9 Å². The number of aromatic nitrogens is 6. The van der Waals surface area contributed by atoms with Gasteiger partial charge in [0.2, 0.25) is 6.79 Å². The van der Waals surface area contributed by atoms with Gasteiger partial charge in [-0.3, -0.25) is 0 Å². The molecule has 10 heteroatoms. The summed E-state index contributed by atoms with van der Waals surface area (Å²) in [4.78, 5) is 29.4. The van der Waals surface area contributed by atoms with E-state index in [0.717, 1.165) is 66.8 Å². The minimum absolute atomic E-state index is 0.0603. The minimum Gasteiger partial charge on any atom is -0.507 e. The summed E-state index contributed by atoms with van der Waals surface area (Å²) in [5.41, 5.74) is 15.1. The van der Waals surface area contributed by atoms with Crippen LogP contribution in [0.3, 0.4) is 0 Å². The molecule has 0 aliphatic rings. The van der Waals surface area contributed by atoms with Crippen LogP contribution in [-0.2, 0) is 0 Å². The molecule has 0 atom stereocenters. The molecule has 0 amide bonds. The number of benzene rings is 6. The van der Waals surface area contributed by atoms with Crippen LogP contribution in [0.1, 0.15) is 55.6 Å². The fourth-order valence-electron chi connectivity index (χ4n) is 7.83. The van der Waals surface area contributed by atoms with Crippen molar-refractivity contribution in [3.8, 4) is 91.3 Å². The number of aryl methyl sites for hydroxylation is 8. The van der Waals surface area contributed by atoms with E-state index in [1.807, 2.05) is 70.2 Å². The lowest BCUT2D eigenvalue weighted by atomic mass is 9.98. The Morgan fingerprint density at radius 2 is 0.762 bits per heavy atom. The zero-order valence-corrected chi connectivity index (χ0v) is 37.3. The van der Waals surface area contributed by atoms with Crippen molar-refractivity contribution in [2.45, 2.75) is 69.2 Å². The van der Waals surface area contributed by atoms with E-state index < -0.39 is 0 Å². The summed E-state index contributed by atoms with van der Waals surface area (Å²) >= 11 is 0. The first-order valence-corrected chi connectivity index (χ1v) is 20.9. The molecule has 0 unspecified atom stereocenters. The van der Waals surface area contributed by atoms with Gasteiger partial charge in [-0.2, -0.15) is 0 Å². The maximum Gasteiger partial charge on any atom is 0.230 e. The third-order valence-electron chi connectivity index (χ3n) is 11.6. The van der Waals surface area contributed by atoms with Gasteiger partial charge >= 0.3 is 0 Å². The van der Waals surface area contributed by atoms with Crippen LogP contribution in [0.25, 0.3) is 68.3 Å². The Kier molecular flexibility index (Phi) is 11.5. The molecular formula is C53H50N6O4. The Bertz CT molecular complexity index is 3020. The van der Waals surface area contributed by atoms with Crippen molar-refractivity contribution in [1.82, 2.24) is 29.9 Å². The predicted octanol–water partition coefficient (Wildman–Crippen LogP) is 12.0. The van der Waals surface area contributed by atoms with Gasteiger partial charge in [0.05, 0.1) is 11.1 Å². The Labute approximate surface area is 368 Å². The molecule has 0 radical (unpaired) electrons. The maximum atomic E-state index is 11.4. The van der Waals surface area contributed by atoms with Crippen molar-refractivity contribution in [3.63, 3.8) is 0 Å². The first-order valence-electron chi connectivity index (χ1n) is 20.9. The largest absolute Gasteiger partial charge is 0.507 e. The van der Waals surface area contributed by atoms with E-state index in [4.69, 9.17) is 39.4 Å². The molecule has 2 heterocycles. The van der Waals surface area contributed by atoms with Gasteiger partial charge in [0.25, 0.3) is 0 Å². The highest BCUT2D eigenvalue weighted by Crippen LogP contribution is 2.38. The maximum absolute atomic E-state index is 11.4. The van der Waals surface area contributed by atoms with Gasteiger partial charge in [-0.05, 0) is 126 Å². The Morgan fingerprint density at radius 1 is 0.349 bits per heavy atom. The lowest BCUT2D eigenvalue weighted by Gasteiger charge is -2.15. The number of hydrogen-bond donors (Lipinski definition) is 2. The van der Waals surface area contributed by atoms with Gasteiger partial charge in [-0.15, -0.1) is 0 Å². The van der Waals surface area contributed by atoms with Crippen LogP contribution in [0.5, 0.6) is 23.0 Å². The molecule has 2 N–H and O–H groups in total. The zero-order chi connectivity index (χ0) is 44.7. The lowest BCUT2D eigenvalue weighted by Crippen LogP contribution is -2.07. The van der Waals surface area contributed by atoms with Crippen LogP contribution < -0.4 is 9.47 Å². The van der Waals surface area contributed by atoms with E-state index in [9.17, 15) is 10.2 Å². The molecule has 0 bridgehead atoms. The van der Waals surface area contributed by atoms with Crippen LogP contribution >= 0.6 is 0 Å². The van der Waals surface area contributed by atoms with Crippen molar-refractivity contribution >= 4 is 0 Å². The van der Waals surface area contributed by atoms with E-state index >= 15 is 0 Å². The first-order chi connectivity index (χ1) is 30.1. The molecule has 8 rings (SSSR count). The van der Waals surface area contributed by atoms with Gasteiger partial charge in [0.1, 0.15) is 23.0 Å². The quantitative estimate of drug-likeness (QED) is 0.128. The summed E-state index contributed by atoms with van der Waals surface area (Å²) in [6.07, 6.45) is 0. The Morgan fingerprint density at radius 3 is 1.24 bits per heavy atom. The molecule has 8 aromatic rings. The number of ether oxygens (including phenoxy) is 2. The van der Waals surface area contributed by atoms with Crippen LogP contribution in [0.4, 0.5) is 0 Å². The molecule has 0 fully saturated rings. The fraction of sp³-hybridized carbons (Fsp3) is 0.208. The number of nitrogens with zero attached hydrogens (tertiary/aromatic N) is 6. The average Bonchev–Trinajstić information content (AvgIpc) is 3.23. The van der Waals surface area contributed by atoms with Crippen LogP contribution in [0.2, 0.25) is 0 Å². The Balaban J connectivity index is 1.06. The number of hydrogen-bond acceptors (Lipinski definition) is 10. The number of aromatic hydroxyl groups is 2. The number of phenols is 2. The van der Waals surface area contributed by atoms with E-state index in [-0.39, 0.29) is 18.3 Å². The second-order valence-corrected chi connectivity index (χ2v) is 16.5. The number of rotatable bonds is 10. The topological polar surface area (TPSA) is 136 Å². The van der Waals surface area contributed by atoms with E-state index in [1.165, 1.54) is 23.3 Å². The van der Waals surface area contributed by atoms with Crippen LogP contribution in [0.15, 0.2) is 97.1 Å². The lowest BCUT2D eigenvalue weighted by molar-refractivity contribution is 0.118. The molecule has 0 saturated heterocycles. The SMILES string of the molecule is Cc1ccc(-c2nc(-c3ccc(C)cc3C)nc(-c3cc(C)c(OCOc4ccc(-c5nc(-c6ccc(C)cc6C)nc(-c6ccc(C)c(C)c6C)n5)c(O)c4)cc3O)n2)c(C)c1. The van der Waals surface area contributed by atoms with Crippen molar-refractivity contribution in [1.29, 1.82) is 0 Å². The third-order valence-corrected chi connectivity index (χ3v) is 11.6. The smallest absolute Gasteiger partial charge is 0.230 e. The number of phenolic OH excluding ortho intramolecular Hbond substituents is 2. The summed E-state index contributed by atoms with van der Waals surface area (Å²) in [7, 11) is 0. The van der Waals surface area contributed by atoms with E-state index in [2.05, 4.69) is 65.8 Å². The van der Waals surface area contributed by atoms with Crippen molar-refractivity contribution in [3.05, 3.63) is 153 Å². The molecule has 0 aliphatic carbocycles. The summed E-state index contributed by atoms with van der Waals surface area (Å²) in [6.45, 7) is 20.2. The van der Waals surface area contributed by atoms with Gasteiger partial charge < -0.3 is 19.7 Å². The fourth-order valence-corrected chi connectivity index (χ4v) is 7.83. The molecule has 6 aromatic carbocycles. The molecule has 0 spiro atoms. The Hall–Kier alpha value is -7.46. The molecule has 0 saturated carbocycles. The normalized spacial score (nSPS) is 11.2. The molecule has 0 aliphatic heterocycles. The van der Waals surface area contributed by atoms with Crippen molar-refractivity contribution in [2.75, 3.05) is 6.79 Å². The standard InChI is InChI=1S/C53H50N6O4/c1-28-11-16-39(32(5)21-28)48-54-49(40-17-12-29(2)22-33(40)6)58-53(57-48)44-24-35(8)47(26-46(44)61)63-27-62-38-15-20-43(45(60)25-38)52-56-50(41-18-13-30(3)23-34(41)7)55-51(59-52)42-19-14-31(4)36(9)37(42)10/h11-26,60-61H,27H2,1-10H3. The second-order valence-electron chi connectivity index (χ2n) is 16.5. The van der Waals surface area contributed by atoms with Crippen molar-refractivity contribution < 1.29 is 19.7 Å². The van der Waals surface area contributed by atoms with Gasteiger partial charge in [-0.25, -0.2) is 29.9 Å². The summed E-state index contributed by atoms with van der Waals surface area (Å²) in [5, 5.41) is 22.8. The van der Waals surface area contributed by atoms with E-state index in [1.54, 1.807) is 18.2 Å². The molecule has 316 valence electrons. The highest BCUT2D eigenvalue weighted by Gasteiger charge is 2.21. The highest BCUT2D eigenvalue weighted by molar-refractivity contribution is 5.75. The van der Waals surface area contributed by atoms with Gasteiger partial charge in [0, 0.05) is 34.4 Å². The minimum atomic E-state index is -0.198. The summed E-state index contributed by atoms with van der Waals surface area (Å²) in [5.74, 6) is 3.39. The van der Waals surface area contributed by atoms with Gasteiger partial charge in [0.15, 0.2) is 34.9 Å². The second kappa shape index (κ2) is 17.1. The van der Waals surface area contributed by atoms with Crippen molar-refractivity contribution in [2.24, 2.45) is 0 Å². The third kappa shape index (κ3) is 8.70. The zero-order valence-electron chi connectivity index (χ0n) is 37.3. The first kappa shape index (κ1) is 42.2. The predicted molar refractivity (Wildman–Crippen MR) is 249 cm³/mol. The molecular weight excluding hydrogens is 785 g/mol. The monoisotopic (exact) mass is 834 g/mol. The molecule has 10 nitrogen and oxygen atoms in total. The molecule has 2 aromatic heterocycles.